The van der Waals surface area contributed by atoms with Crippen LogP contribution in [-0.2, 0) is 25.9 Å². The third-order valence-corrected chi connectivity index (χ3v) is 6.17. The van der Waals surface area contributed by atoms with Crippen LogP contribution in [0, 0.1) is 5.92 Å². The molecule has 2 aromatic rings. The van der Waals surface area contributed by atoms with Crippen molar-refractivity contribution in [1.29, 1.82) is 0 Å². The second kappa shape index (κ2) is 11.7. The number of likely N-dealkylation sites (tertiary alicyclic amines) is 1. The van der Waals surface area contributed by atoms with Crippen molar-refractivity contribution in [3.05, 3.63) is 47.5 Å². The van der Waals surface area contributed by atoms with Crippen molar-refractivity contribution in [2.75, 3.05) is 19.6 Å². The Labute approximate surface area is 197 Å². The van der Waals surface area contributed by atoms with Crippen molar-refractivity contribution in [3.63, 3.8) is 0 Å². The van der Waals surface area contributed by atoms with Crippen molar-refractivity contribution < 1.29 is 0 Å². The maximum atomic E-state index is 4.94. The molecule has 3 heterocycles. The fourth-order valence-electron chi connectivity index (χ4n) is 4.53. The van der Waals surface area contributed by atoms with Crippen LogP contribution >= 0.6 is 24.0 Å². The van der Waals surface area contributed by atoms with E-state index in [1.54, 1.807) is 0 Å². The van der Waals surface area contributed by atoms with Gasteiger partial charge in [-0.05, 0) is 50.5 Å². The number of fused-ring (bicyclic) bond motifs is 1. The third kappa shape index (κ3) is 5.95. The molecule has 0 radical (unpaired) electrons. The van der Waals surface area contributed by atoms with E-state index in [0.717, 1.165) is 56.1 Å². The van der Waals surface area contributed by atoms with E-state index in [1.165, 1.54) is 44.1 Å². The zero-order valence-electron chi connectivity index (χ0n) is 18.1. The van der Waals surface area contributed by atoms with Gasteiger partial charge in [0.25, 0.3) is 0 Å². The second-order valence-electron chi connectivity index (χ2n) is 8.29. The molecule has 7 heteroatoms. The Balaban J connectivity index is 0.00000256. The molecule has 0 spiro atoms. The largest absolute Gasteiger partial charge is 0.357 e. The predicted molar refractivity (Wildman–Crippen MR) is 132 cm³/mol. The van der Waals surface area contributed by atoms with Gasteiger partial charge in [-0.25, -0.2) is 4.99 Å². The quantitative estimate of drug-likeness (QED) is 0.366. The van der Waals surface area contributed by atoms with Crippen LogP contribution < -0.4 is 5.32 Å². The third-order valence-electron chi connectivity index (χ3n) is 6.17. The van der Waals surface area contributed by atoms with Gasteiger partial charge in [-0.15, -0.1) is 34.2 Å². The Morgan fingerprint density at radius 2 is 1.87 bits per heavy atom. The summed E-state index contributed by atoms with van der Waals surface area (Å²) in [6.45, 7) is 6.82. The molecule has 1 aromatic heterocycles. The van der Waals surface area contributed by atoms with Crippen molar-refractivity contribution in [1.82, 2.24) is 25.0 Å². The highest BCUT2D eigenvalue weighted by molar-refractivity contribution is 14.0. The zero-order valence-corrected chi connectivity index (χ0v) is 20.4. The fraction of sp³-hybridized carbons (Fsp3) is 0.609. The molecule has 1 aromatic carbocycles. The number of aliphatic imine (C=N–C) groups is 1. The number of hydrogen-bond donors (Lipinski definition) is 1. The monoisotopic (exact) mass is 522 g/mol. The summed E-state index contributed by atoms with van der Waals surface area (Å²) in [5.74, 6) is 3.94. The van der Waals surface area contributed by atoms with Crippen LogP contribution in [0.3, 0.4) is 0 Å². The van der Waals surface area contributed by atoms with Crippen LogP contribution in [0.25, 0.3) is 0 Å². The van der Waals surface area contributed by atoms with Crippen molar-refractivity contribution in [2.45, 2.75) is 65.0 Å². The van der Waals surface area contributed by atoms with Gasteiger partial charge in [0.1, 0.15) is 12.4 Å². The number of aromatic nitrogens is 3. The fourth-order valence-corrected chi connectivity index (χ4v) is 4.53. The molecule has 1 fully saturated rings. The summed E-state index contributed by atoms with van der Waals surface area (Å²) in [6, 6.07) is 10.9. The number of aryl methyl sites for hydroxylation is 1. The van der Waals surface area contributed by atoms with E-state index in [4.69, 9.17) is 4.99 Å². The molecule has 0 atom stereocenters. The first-order valence-corrected chi connectivity index (χ1v) is 11.3. The van der Waals surface area contributed by atoms with Gasteiger partial charge >= 0.3 is 0 Å². The molecular formula is C23H35IN6. The normalized spacial score (nSPS) is 17.8. The summed E-state index contributed by atoms with van der Waals surface area (Å²) in [5.41, 5.74) is 1.46. The van der Waals surface area contributed by atoms with Crippen LogP contribution in [0.4, 0.5) is 0 Å². The highest BCUT2D eigenvalue weighted by atomic mass is 127. The summed E-state index contributed by atoms with van der Waals surface area (Å²) in [6.07, 6.45) is 8.41. The zero-order chi connectivity index (χ0) is 19.9. The molecule has 0 saturated carbocycles. The summed E-state index contributed by atoms with van der Waals surface area (Å²) in [7, 11) is 0. The van der Waals surface area contributed by atoms with Gasteiger partial charge in [-0.2, -0.15) is 0 Å². The van der Waals surface area contributed by atoms with Crippen LogP contribution in [0.2, 0.25) is 0 Å². The molecule has 4 rings (SSSR count). The Hall–Kier alpha value is -1.64. The van der Waals surface area contributed by atoms with Gasteiger partial charge in [-0.3, -0.25) is 0 Å². The lowest BCUT2D eigenvalue weighted by Gasteiger charge is -2.34. The number of benzene rings is 1. The number of piperidine rings is 1. The number of hydrogen-bond acceptors (Lipinski definition) is 3. The highest BCUT2D eigenvalue weighted by Gasteiger charge is 2.22. The van der Waals surface area contributed by atoms with E-state index in [9.17, 15) is 0 Å². The van der Waals surface area contributed by atoms with Crippen molar-refractivity contribution >= 4 is 29.9 Å². The highest BCUT2D eigenvalue weighted by Crippen LogP contribution is 2.22. The Kier molecular flexibility index (Phi) is 8.96. The average Bonchev–Trinajstić information content (AvgIpc) is 2.98. The van der Waals surface area contributed by atoms with Crippen LogP contribution in [0.1, 0.15) is 56.2 Å². The second-order valence-corrected chi connectivity index (χ2v) is 8.29. The van der Waals surface area contributed by atoms with Crippen LogP contribution in [-0.4, -0.2) is 45.3 Å². The van der Waals surface area contributed by atoms with E-state index >= 15 is 0 Å². The smallest absolute Gasteiger partial charge is 0.194 e. The topological polar surface area (TPSA) is 58.3 Å². The standard InChI is InChI=1S/C23H34N6.HI/c1-2-24-23(25-18-22-27-26-21-11-7-4-8-14-29(21)22)28-15-12-20(13-16-28)17-19-9-5-3-6-10-19;/h3,5-6,9-10,20H,2,4,7-8,11-18H2,1H3,(H,24,25);1H. The lowest BCUT2D eigenvalue weighted by Crippen LogP contribution is -2.45. The summed E-state index contributed by atoms with van der Waals surface area (Å²) in [4.78, 5) is 7.36. The maximum Gasteiger partial charge on any atom is 0.194 e. The molecule has 0 amide bonds. The number of nitrogens with zero attached hydrogens (tertiary/aromatic N) is 5. The van der Waals surface area contributed by atoms with E-state index in [2.05, 4.69) is 62.2 Å². The Morgan fingerprint density at radius 3 is 2.63 bits per heavy atom. The van der Waals surface area contributed by atoms with Gasteiger partial charge in [0.2, 0.25) is 0 Å². The van der Waals surface area contributed by atoms with E-state index in [-0.39, 0.29) is 24.0 Å². The first-order chi connectivity index (χ1) is 14.3. The van der Waals surface area contributed by atoms with Gasteiger partial charge in [0, 0.05) is 32.6 Å². The van der Waals surface area contributed by atoms with Gasteiger partial charge in [-0.1, -0.05) is 36.8 Å². The van der Waals surface area contributed by atoms with E-state index in [1.807, 2.05) is 0 Å². The molecule has 0 unspecified atom stereocenters. The lowest BCUT2D eigenvalue weighted by molar-refractivity contribution is 0.259. The molecule has 164 valence electrons. The van der Waals surface area contributed by atoms with E-state index < -0.39 is 0 Å². The number of guanidine groups is 1. The first-order valence-electron chi connectivity index (χ1n) is 11.3. The van der Waals surface area contributed by atoms with E-state index in [0.29, 0.717) is 6.54 Å². The molecule has 6 nitrogen and oxygen atoms in total. The molecule has 0 bridgehead atoms. The van der Waals surface area contributed by atoms with Gasteiger partial charge in [0.15, 0.2) is 11.8 Å². The molecule has 1 N–H and O–H groups in total. The minimum Gasteiger partial charge on any atom is -0.357 e. The summed E-state index contributed by atoms with van der Waals surface area (Å²) < 4.78 is 2.30. The number of halogens is 1. The van der Waals surface area contributed by atoms with Crippen molar-refractivity contribution in [2.24, 2.45) is 10.9 Å². The molecule has 2 aliphatic heterocycles. The molecule has 2 aliphatic rings. The average molecular weight is 522 g/mol. The van der Waals surface area contributed by atoms with Crippen LogP contribution in [0.15, 0.2) is 35.3 Å². The predicted octanol–water partition coefficient (Wildman–Crippen LogP) is 4.04. The number of nitrogens with one attached hydrogen (secondary N) is 1. The molecular weight excluding hydrogens is 487 g/mol. The minimum absolute atomic E-state index is 0. The Morgan fingerprint density at radius 1 is 1.07 bits per heavy atom. The molecule has 30 heavy (non-hydrogen) atoms. The van der Waals surface area contributed by atoms with Crippen molar-refractivity contribution in [3.8, 4) is 0 Å². The molecule has 1 saturated heterocycles. The summed E-state index contributed by atoms with van der Waals surface area (Å²) >= 11 is 0. The number of rotatable bonds is 5. The minimum atomic E-state index is 0. The SMILES string of the molecule is CCNC(=NCc1nnc2n1CCCCC2)N1CCC(Cc2ccccc2)CC1.I. The van der Waals surface area contributed by atoms with Gasteiger partial charge < -0.3 is 14.8 Å². The molecule has 0 aliphatic carbocycles. The summed E-state index contributed by atoms with van der Waals surface area (Å²) in [5, 5.41) is 12.3. The Bertz CT molecular complexity index is 795. The van der Waals surface area contributed by atoms with Crippen LogP contribution in [0.5, 0.6) is 0 Å². The lowest BCUT2D eigenvalue weighted by atomic mass is 9.90. The maximum absolute atomic E-state index is 4.94. The van der Waals surface area contributed by atoms with Gasteiger partial charge in [0.05, 0.1) is 0 Å². The first kappa shape index (κ1) is 23.0.